The third kappa shape index (κ3) is 4.18. The molecule has 0 saturated carbocycles. The number of nitrogens with zero attached hydrogens (tertiary/aromatic N) is 5. The summed E-state index contributed by atoms with van der Waals surface area (Å²) in [7, 11) is 0. The second kappa shape index (κ2) is 9.24. The lowest BCUT2D eigenvalue weighted by atomic mass is 10.1. The highest BCUT2D eigenvalue weighted by Crippen LogP contribution is 2.37. The molecule has 168 valence electrons. The second-order valence-corrected chi connectivity index (χ2v) is 8.71. The van der Waals surface area contributed by atoms with Gasteiger partial charge in [0.05, 0.1) is 5.39 Å². The summed E-state index contributed by atoms with van der Waals surface area (Å²) in [6.07, 6.45) is 5.25. The normalized spacial score (nSPS) is 14.1. The summed E-state index contributed by atoms with van der Waals surface area (Å²) in [4.78, 5) is 26.0. The SMILES string of the molecule is CCCC(=O)N1CCN(c2ncnc3c2c(-c2ccccc2)cn3-c2ccc(Cl)cc2)CC1. The van der Waals surface area contributed by atoms with Crippen molar-refractivity contribution in [2.24, 2.45) is 0 Å². The first kappa shape index (κ1) is 21.5. The van der Waals surface area contributed by atoms with Gasteiger partial charge in [0.15, 0.2) is 5.65 Å². The van der Waals surface area contributed by atoms with Gasteiger partial charge in [-0.2, -0.15) is 0 Å². The number of hydrogen-bond acceptors (Lipinski definition) is 4. The van der Waals surface area contributed by atoms with Gasteiger partial charge < -0.3 is 14.4 Å². The molecule has 1 fully saturated rings. The van der Waals surface area contributed by atoms with Crippen molar-refractivity contribution in [1.29, 1.82) is 0 Å². The maximum Gasteiger partial charge on any atom is 0.222 e. The Kier molecular flexibility index (Phi) is 6.01. The van der Waals surface area contributed by atoms with Crippen molar-refractivity contribution in [3.05, 3.63) is 72.1 Å². The van der Waals surface area contributed by atoms with Gasteiger partial charge in [-0.05, 0) is 36.2 Å². The molecule has 7 heteroatoms. The molecular formula is C26H26ClN5O. The van der Waals surface area contributed by atoms with E-state index in [-0.39, 0.29) is 5.91 Å². The Bertz CT molecular complexity index is 1260. The Morgan fingerprint density at radius 1 is 0.970 bits per heavy atom. The van der Waals surface area contributed by atoms with Gasteiger partial charge in [0.1, 0.15) is 12.1 Å². The zero-order valence-electron chi connectivity index (χ0n) is 18.6. The van der Waals surface area contributed by atoms with Gasteiger partial charge in [-0.3, -0.25) is 4.79 Å². The minimum absolute atomic E-state index is 0.240. The van der Waals surface area contributed by atoms with E-state index in [9.17, 15) is 4.79 Å². The molecule has 2 aromatic carbocycles. The number of anilines is 1. The van der Waals surface area contributed by atoms with E-state index in [4.69, 9.17) is 16.6 Å². The topological polar surface area (TPSA) is 54.3 Å². The van der Waals surface area contributed by atoms with Gasteiger partial charge in [0, 0.05) is 55.1 Å². The lowest BCUT2D eigenvalue weighted by molar-refractivity contribution is -0.131. The number of fused-ring (bicyclic) bond motifs is 1. The number of piperazine rings is 1. The molecule has 0 atom stereocenters. The first-order valence-electron chi connectivity index (χ1n) is 11.4. The van der Waals surface area contributed by atoms with Crippen LogP contribution in [0.2, 0.25) is 5.02 Å². The lowest BCUT2D eigenvalue weighted by Gasteiger charge is -2.35. The molecule has 3 heterocycles. The third-order valence-corrected chi connectivity index (χ3v) is 6.40. The van der Waals surface area contributed by atoms with Crippen LogP contribution in [0.25, 0.3) is 27.8 Å². The predicted molar refractivity (Wildman–Crippen MR) is 133 cm³/mol. The molecule has 5 rings (SSSR count). The zero-order valence-corrected chi connectivity index (χ0v) is 19.4. The highest BCUT2D eigenvalue weighted by molar-refractivity contribution is 6.30. The summed E-state index contributed by atoms with van der Waals surface area (Å²) in [5, 5.41) is 1.72. The Labute approximate surface area is 198 Å². The Balaban J connectivity index is 1.59. The molecule has 2 aromatic heterocycles. The van der Waals surface area contributed by atoms with E-state index >= 15 is 0 Å². The number of amides is 1. The number of carbonyl (C=O) groups excluding carboxylic acids is 1. The van der Waals surface area contributed by atoms with Crippen LogP contribution in [0.3, 0.4) is 0 Å². The highest BCUT2D eigenvalue weighted by atomic mass is 35.5. The fraction of sp³-hybridized carbons (Fsp3) is 0.269. The number of benzene rings is 2. The molecule has 1 saturated heterocycles. The van der Waals surface area contributed by atoms with Crippen molar-refractivity contribution >= 4 is 34.4 Å². The number of carbonyl (C=O) groups is 1. The highest BCUT2D eigenvalue weighted by Gasteiger charge is 2.25. The number of rotatable bonds is 5. The summed E-state index contributed by atoms with van der Waals surface area (Å²) in [5.41, 5.74) is 4.04. The first-order valence-corrected chi connectivity index (χ1v) is 11.7. The molecule has 0 spiro atoms. The van der Waals surface area contributed by atoms with Crippen LogP contribution in [0.15, 0.2) is 67.1 Å². The molecule has 4 aromatic rings. The largest absolute Gasteiger partial charge is 0.352 e. The summed E-state index contributed by atoms with van der Waals surface area (Å²) < 4.78 is 2.10. The van der Waals surface area contributed by atoms with E-state index in [0.717, 1.165) is 53.2 Å². The van der Waals surface area contributed by atoms with Gasteiger partial charge in [-0.1, -0.05) is 48.9 Å². The van der Waals surface area contributed by atoms with Gasteiger partial charge in [-0.15, -0.1) is 0 Å². The molecule has 0 aliphatic carbocycles. The van der Waals surface area contributed by atoms with E-state index in [1.165, 1.54) is 0 Å². The molecule has 0 unspecified atom stereocenters. The molecule has 1 aliphatic heterocycles. The maximum absolute atomic E-state index is 12.3. The summed E-state index contributed by atoms with van der Waals surface area (Å²) in [6, 6.07) is 18.1. The lowest BCUT2D eigenvalue weighted by Crippen LogP contribution is -2.49. The van der Waals surface area contributed by atoms with E-state index in [2.05, 4.69) is 32.8 Å². The summed E-state index contributed by atoms with van der Waals surface area (Å²) in [6.45, 7) is 4.97. The molecule has 0 N–H and O–H groups in total. The smallest absolute Gasteiger partial charge is 0.222 e. The van der Waals surface area contributed by atoms with Crippen LogP contribution in [-0.4, -0.2) is 51.5 Å². The molecule has 33 heavy (non-hydrogen) atoms. The van der Waals surface area contributed by atoms with Crippen LogP contribution in [0, 0.1) is 0 Å². The number of halogens is 1. The summed E-state index contributed by atoms with van der Waals surface area (Å²) in [5.74, 6) is 1.15. The van der Waals surface area contributed by atoms with Crippen molar-refractivity contribution in [3.63, 3.8) is 0 Å². The fourth-order valence-corrected chi connectivity index (χ4v) is 4.59. The first-order chi connectivity index (χ1) is 16.2. The Morgan fingerprint density at radius 3 is 2.39 bits per heavy atom. The van der Waals surface area contributed by atoms with Crippen molar-refractivity contribution in [3.8, 4) is 16.8 Å². The zero-order chi connectivity index (χ0) is 22.8. The molecule has 1 aliphatic rings. The average Bonchev–Trinajstić information content (AvgIpc) is 3.25. The number of hydrogen-bond donors (Lipinski definition) is 0. The van der Waals surface area contributed by atoms with Crippen LogP contribution >= 0.6 is 11.6 Å². The van der Waals surface area contributed by atoms with Crippen molar-refractivity contribution in [1.82, 2.24) is 19.4 Å². The molecular weight excluding hydrogens is 434 g/mol. The van der Waals surface area contributed by atoms with E-state index in [1.807, 2.05) is 54.3 Å². The Hall–Kier alpha value is -3.38. The standard InChI is InChI=1S/C26H26ClN5O/c1-2-6-23(33)30-13-15-31(16-14-30)25-24-22(19-7-4-3-5-8-19)17-32(26(24)29-18-28-25)21-11-9-20(27)10-12-21/h3-5,7-12,17-18H,2,6,13-16H2,1H3. The van der Waals surface area contributed by atoms with Crippen molar-refractivity contribution in [2.75, 3.05) is 31.1 Å². The van der Waals surface area contributed by atoms with Crippen LogP contribution in [-0.2, 0) is 4.79 Å². The second-order valence-electron chi connectivity index (χ2n) is 8.27. The molecule has 6 nitrogen and oxygen atoms in total. The maximum atomic E-state index is 12.3. The van der Waals surface area contributed by atoms with E-state index in [1.54, 1.807) is 6.33 Å². The van der Waals surface area contributed by atoms with Gasteiger partial charge in [0.25, 0.3) is 0 Å². The van der Waals surface area contributed by atoms with Gasteiger partial charge >= 0.3 is 0 Å². The third-order valence-electron chi connectivity index (χ3n) is 6.15. The monoisotopic (exact) mass is 459 g/mol. The average molecular weight is 460 g/mol. The molecule has 0 bridgehead atoms. The summed E-state index contributed by atoms with van der Waals surface area (Å²) >= 11 is 6.13. The minimum atomic E-state index is 0.240. The van der Waals surface area contributed by atoms with Gasteiger partial charge in [0.2, 0.25) is 5.91 Å². The minimum Gasteiger partial charge on any atom is -0.352 e. The van der Waals surface area contributed by atoms with Crippen LogP contribution in [0.4, 0.5) is 5.82 Å². The Morgan fingerprint density at radius 2 is 1.70 bits per heavy atom. The van der Waals surface area contributed by atoms with Crippen molar-refractivity contribution in [2.45, 2.75) is 19.8 Å². The van der Waals surface area contributed by atoms with E-state index < -0.39 is 0 Å². The van der Waals surface area contributed by atoms with Crippen LogP contribution in [0.5, 0.6) is 0 Å². The quantitative estimate of drug-likeness (QED) is 0.412. The predicted octanol–water partition coefficient (Wildman–Crippen LogP) is 5.19. The van der Waals surface area contributed by atoms with Crippen molar-refractivity contribution < 1.29 is 4.79 Å². The molecule has 1 amide bonds. The fourth-order valence-electron chi connectivity index (χ4n) is 4.46. The van der Waals surface area contributed by atoms with Crippen LogP contribution in [0.1, 0.15) is 19.8 Å². The number of aromatic nitrogens is 3. The van der Waals surface area contributed by atoms with Gasteiger partial charge in [-0.25, -0.2) is 9.97 Å². The molecule has 0 radical (unpaired) electrons. The van der Waals surface area contributed by atoms with E-state index in [0.29, 0.717) is 24.5 Å². The van der Waals surface area contributed by atoms with Crippen LogP contribution < -0.4 is 4.90 Å².